The number of carbonyl (C=O) groups is 1. The van der Waals surface area contributed by atoms with E-state index in [4.69, 9.17) is 16.3 Å². The van der Waals surface area contributed by atoms with Crippen LogP contribution in [0.15, 0.2) is 48.7 Å². The zero-order chi connectivity index (χ0) is 19.6. The molecule has 3 rings (SSSR count). The average Bonchev–Trinajstić information content (AvgIpc) is 2.98. The van der Waals surface area contributed by atoms with Crippen molar-refractivity contribution in [2.24, 2.45) is 7.05 Å². The van der Waals surface area contributed by atoms with Gasteiger partial charge in [0, 0.05) is 23.2 Å². The van der Waals surface area contributed by atoms with E-state index < -0.39 is 24.0 Å². The molecule has 0 aliphatic rings. The Morgan fingerprint density at radius 1 is 1.22 bits per heavy atom. The molecule has 0 radical (unpaired) electrons. The van der Waals surface area contributed by atoms with Crippen molar-refractivity contribution in [2.75, 3.05) is 5.32 Å². The number of amides is 1. The molecule has 3 aromatic rings. The van der Waals surface area contributed by atoms with Gasteiger partial charge in [0.05, 0.1) is 11.9 Å². The second-order valence-corrected chi connectivity index (χ2v) is 5.94. The molecule has 0 aliphatic heterocycles. The van der Waals surface area contributed by atoms with Crippen LogP contribution in [0.5, 0.6) is 5.75 Å². The summed E-state index contributed by atoms with van der Waals surface area (Å²) in [6.45, 7) is 0. The number of para-hydroxylation sites is 1. The SMILES string of the molecule is Cn1cc(OC(=O)Nc2ccccc2-c2cc(F)ccc2Cl)c(C(F)F)n1. The first-order valence-corrected chi connectivity index (χ1v) is 8.08. The topological polar surface area (TPSA) is 56.1 Å². The molecule has 9 heteroatoms. The molecule has 27 heavy (non-hydrogen) atoms. The molecule has 1 amide bonds. The maximum absolute atomic E-state index is 13.6. The Labute approximate surface area is 157 Å². The van der Waals surface area contributed by atoms with Crippen molar-refractivity contribution in [2.45, 2.75) is 6.43 Å². The fraction of sp³-hybridized carbons (Fsp3) is 0.111. The highest BCUT2D eigenvalue weighted by Crippen LogP contribution is 2.34. The molecule has 0 unspecified atom stereocenters. The van der Waals surface area contributed by atoms with Crippen molar-refractivity contribution in [1.29, 1.82) is 0 Å². The van der Waals surface area contributed by atoms with Crippen LogP contribution in [0.4, 0.5) is 23.7 Å². The molecule has 1 heterocycles. The summed E-state index contributed by atoms with van der Waals surface area (Å²) < 4.78 is 45.6. The average molecular weight is 396 g/mol. The minimum absolute atomic E-state index is 0.275. The standard InChI is InChI=1S/C18H13ClF3N3O2/c1-25-9-15(16(24-25)17(21)22)27-18(26)23-14-5-3-2-4-11(14)12-8-10(20)6-7-13(12)19/h2-9,17H,1H3,(H,23,26). The molecule has 2 aromatic carbocycles. The Morgan fingerprint density at radius 2 is 1.96 bits per heavy atom. The summed E-state index contributed by atoms with van der Waals surface area (Å²) in [5, 5.41) is 6.30. The summed E-state index contributed by atoms with van der Waals surface area (Å²) in [5.41, 5.74) is 0.438. The van der Waals surface area contributed by atoms with Crippen LogP contribution in [0.25, 0.3) is 11.1 Å². The predicted octanol–water partition coefficient (Wildman–Crippen LogP) is 5.43. The van der Waals surface area contributed by atoms with Crippen molar-refractivity contribution >= 4 is 23.4 Å². The van der Waals surface area contributed by atoms with Gasteiger partial charge in [-0.3, -0.25) is 10.00 Å². The van der Waals surface area contributed by atoms with E-state index in [1.54, 1.807) is 24.3 Å². The van der Waals surface area contributed by atoms with Gasteiger partial charge in [0.1, 0.15) is 5.82 Å². The van der Waals surface area contributed by atoms with Crippen molar-refractivity contribution in [3.8, 4) is 16.9 Å². The molecule has 0 atom stereocenters. The number of alkyl halides is 2. The van der Waals surface area contributed by atoms with Crippen molar-refractivity contribution in [3.63, 3.8) is 0 Å². The van der Waals surface area contributed by atoms with Crippen molar-refractivity contribution in [3.05, 3.63) is 65.2 Å². The van der Waals surface area contributed by atoms with E-state index in [1.165, 1.54) is 25.2 Å². The number of anilines is 1. The summed E-state index contributed by atoms with van der Waals surface area (Å²) >= 11 is 6.12. The molecule has 1 aromatic heterocycles. The van der Waals surface area contributed by atoms with Crippen LogP contribution < -0.4 is 10.1 Å². The van der Waals surface area contributed by atoms with Crippen LogP contribution in [0.3, 0.4) is 0 Å². The monoisotopic (exact) mass is 395 g/mol. The second kappa shape index (κ2) is 7.71. The number of ether oxygens (including phenoxy) is 1. The van der Waals surface area contributed by atoms with Gasteiger partial charge in [-0.2, -0.15) is 5.10 Å². The van der Waals surface area contributed by atoms with E-state index in [0.717, 1.165) is 10.9 Å². The third-order valence-corrected chi connectivity index (χ3v) is 3.94. The Balaban J connectivity index is 1.87. The van der Waals surface area contributed by atoms with E-state index in [0.29, 0.717) is 11.1 Å². The maximum Gasteiger partial charge on any atom is 0.417 e. The number of carbonyl (C=O) groups excluding carboxylic acids is 1. The summed E-state index contributed by atoms with van der Waals surface area (Å²) in [5.74, 6) is -0.852. The fourth-order valence-electron chi connectivity index (χ4n) is 2.48. The quantitative estimate of drug-likeness (QED) is 0.641. The molecule has 140 valence electrons. The van der Waals surface area contributed by atoms with Crippen molar-refractivity contribution < 1.29 is 22.7 Å². The highest BCUT2D eigenvalue weighted by atomic mass is 35.5. The molecule has 0 fully saturated rings. The van der Waals surface area contributed by atoms with Crippen LogP contribution >= 0.6 is 11.6 Å². The highest BCUT2D eigenvalue weighted by Gasteiger charge is 2.21. The van der Waals surface area contributed by atoms with Gasteiger partial charge >= 0.3 is 6.09 Å². The van der Waals surface area contributed by atoms with Crippen LogP contribution in [-0.2, 0) is 7.05 Å². The largest absolute Gasteiger partial charge is 0.417 e. The first-order chi connectivity index (χ1) is 12.8. The van der Waals surface area contributed by atoms with E-state index >= 15 is 0 Å². The van der Waals surface area contributed by atoms with Gasteiger partial charge in [0.25, 0.3) is 6.43 Å². The minimum Gasteiger partial charge on any atom is -0.406 e. The van der Waals surface area contributed by atoms with Gasteiger partial charge in [-0.05, 0) is 24.3 Å². The van der Waals surface area contributed by atoms with E-state index in [-0.39, 0.29) is 16.5 Å². The zero-order valence-electron chi connectivity index (χ0n) is 13.9. The van der Waals surface area contributed by atoms with E-state index in [9.17, 15) is 18.0 Å². The van der Waals surface area contributed by atoms with Gasteiger partial charge in [-0.25, -0.2) is 18.0 Å². The third-order valence-electron chi connectivity index (χ3n) is 3.61. The van der Waals surface area contributed by atoms with Crippen LogP contribution in [0.2, 0.25) is 5.02 Å². The number of hydrogen-bond acceptors (Lipinski definition) is 3. The molecular formula is C18H13ClF3N3O2. The maximum atomic E-state index is 13.6. The highest BCUT2D eigenvalue weighted by molar-refractivity contribution is 6.33. The lowest BCUT2D eigenvalue weighted by molar-refractivity contribution is 0.141. The van der Waals surface area contributed by atoms with Gasteiger partial charge in [0.15, 0.2) is 11.4 Å². The second-order valence-electron chi connectivity index (χ2n) is 5.54. The molecule has 0 spiro atoms. The Bertz CT molecular complexity index is 992. The zero-order valence-corrected chi connectivity index (χ0v) is 14.7. The lowest BCUT2D eigenvalue weighted by atomic mass is 10.0. The lowest BCUT2D eigenvalue weighted by Crippen LogP contribution is -2.17. The third kappa shape index (κ3) is 4.22. The first kappa shape index (κ1) is 18.8. The van der Waals surface area contributed by atoms with Crippen LogP contribution in [-0.4, -0.2) is 15.9 Å². The van der Waals surface area contributed by atoms with Gasteiger partial charge in [0.2, 0.25) is 0 Å². The van der Waals surface area contributed by atoms with E-state index in [1.807, 2.05) is 0 Å². The molecule has 0 saturated carbocycles. The lowest BCUT2D eigenvalue weighted by Gasteiger charge is -2.12. The van der Waals surface area contributed by atoms with Crippen molar-refractivity contribution in [1.82, 2.24) is 9.78 Å². The number of halogens is 4. The summed E-state index contributed by atoms with van der Waals surface area (Å²) in [7, 11) is 1.43. The van der Waals surface area contributed by atoms with Gasteiger partial charge < -0.3 is 4.74 Å². The molecular weight excluding hydrogens is 383 g/mol. The first-order valence-electron chi connectivity index (χ1n) is 7.70. The normalized spacial score (nSPS) is 10.9. The number of aryl methyl sites for hydroxylation is 1. The number of aromatic nitrogens is 2. The smallest absolute Gasteiger partial charge is 0.406 e. The van der Waals surface area contributed by atoms with Crippen LogP contribution in [0.1, 0.15) is 12.1 Å². The number of hydrogen-bond donors (Lipinski definition) is 1. The molecule has 0 aliphatic carbocycles. The Kier molecular flexibility index (Phi) is 5.36. The number of nitrogens with one attached hydrogen (secondary N) is 1. The summed E-state index contributed by atoms with van der Waals surface area (Å²) in [6, 6.07) is 10.3. The fourth-order valence-corrected chi connectivity index (χ4v) is 2.70. The number of rotatable bonds is 4. The number of nitrogens with zero attached hydrogens (tertiary/aromatic N) is 2. The van der Waals surface area contributed by atoms with Gasteiger partial charge in [-0.15, -0.1) is 0 Å². The van der Waals surface area contributed by atoms with Gasteiger partial charge in [-0.1, -0.05) is 29.8 Å². The van der Waals surface area contributed by atoms with Crippen LogP contribution in [0, 0.1) is 5.82 Å². The molecule has 5 nitrogen and oxygen atoms in total. The predicted molar refractivity (Wildman–Crippen MR) is 94.7 cm³/mol. The summed E-state index contributed by atoms with van der Waals surface area (Å²) in [4.78, 5) is 12.2. The molecule has 0 bridgehead atoms. The Hall–Kier alpha value is -3.00. The number of benzene rings is 2. The Morgan fingerprint density at radius 3 is 2.70 bits per heavy atom. The molecule has 1 N–H and O–H groups in total. The minimum atomic E-state index is -2.90. The molecule has 0 saturated heterocycles. The summed E-state index contributed by atoms with van der Waals surface area (Å²) in [6.07, 6.45) is -2.73. The van der Waals surface area contributed by atoms with E-state index in [2.05, 4.69) is 10.4 Å².